The van der Waals surface area contributed by atoms with E-state index in [4.69, 9.17) is 16.6 Å². The number of hydrogen-bond acceptors (Lipinski definition) is 4. The van der Waals surface area contributed by atoms with E-state index in [9.17, 15) is 9.59 Å². The number of likely N-dealkylation sites (tertiary alicyclic amines) is 1. The van der Waals surface area contributed by atoms with Gasteiger partial charge >= 0.3 is 5.97 Å². The van der Waals surface area contributed by atoms with Crippen molar-refractivity contribution in [3.05, 3.63) is 29.8 Å². The largest absolute Gasteiger partial charge is 0.480 e. The fourth-order valence-corrected chi connectivity index (χ4v) is 2.28. The van der Waals surface area contributed by atoms with Gasteiger partial charge in [0, 0.05) is 24.0 Å². The summed E-state index contributed by atoms with van der Waals surface area (Å²) in [4.78, 5) is 24.4. The van der Waals surface area contributed by atoms with Gasteiger partial charge in [0.2, 0.25) is 5.91 Å². The topological polar surface area (TPSA) is 110 Å². The summed E-state index contributed by atoms with van der Waals surface area (Å²) in [6, 6.07) is 4.27. The Balaban J connectivity index is 2.13. The number of nitrogen functional groups attached to an aromatic ring is 2. The van der Waals surface area contributed by atoms with Crippen LogP contribution < -0.4 is 11.5 Å². The number of anilines is 2. The van der Waals surface area contributed by atoms with Crippen molar-refractivity contribution in [1.82, 2.24) is 4.90 Å². The van der Waals surface area contributed by atoms with Crippen LogP contribution in [0.15, 0.2) is 24.3 Å². The monoisotopic (exact) mass is 275 g/mol. The molecule has 20 heavy (non-hydrogen) atoms. The lowest BCUT2D eigenvalue weighted by Crippen LogP contribution is -2.39. The van der Waals surface area contributed by atoms with Gasteiger partial charge in [-0.25, -0.2) is 4.79 Å². The second kappa shape index (κ2) is 5.64. The van der Waals surface area contributed by atoms with Gasteiger partial charge in [0.25, 0.3) is 0 Å². The van der Waals surface area contributed by atoms with E-state index in [1.165, 1.54) is 11.0 Å². The average molecular weight is 275 g/mol. The Hall–Kier alpha value is -2.50. The molecular formula is C14H17N3O3. The van der Waals surface area contributed by atoms with Gasteiger partial charge in [-0.2, -0.15) is 0 Å². The first-order valence-corrected chi connectivity index (χ1v) is 6.35. The number of carboxylic acids is 1. The molecule has 1 fully saturated rings. The maximum atomic E-state index is 12.0. The third kappa shape index (κ3) is 2.90. The molecule has 1 amide bonds. The normalized spacial score (nSPS) is 18.6. The maximum absolute atomic E-state index is 12.0. The van der Waals surface area contributed by atoms with Crippen LogP contribution in [0, 0.1) is 0 Å². The van der Waals surface area contributed by atoms with E-state index in [1.54, 1.807) is 24.3 Å². The predicted molar refractivity (Wildman–Crippen MR) is 76.7 cm³/mol. The zero-order chi connectivity index (χ0) is 14.7. The van der Waals surface area contributed by atoms with Gasteiger partial charge in [-0.05, 0) is 42.7 Å². The van der Waals surface area contributed by atoms with Crippen molar-refractivity contribution < 1.29 is 14.7 Å². The molecule has 5 N–H and O–H groups in total. The smallest absolute Gasteiger partial charge is 0.326 e. The van der Waals surface area contributed by atoms with Gasteiger partial charge in [0.05, 0.1) is 0 Å². The van der Waals surface area contributed by atoms with E-state index >= 15 is 0 Å². The Bertz CT molecular complexity index is 569. The molecule has 0 bridgehead atoms. The lowest BCUT2D eigenvalue weighted by molar-refractivity contribution is -0.146. The van der Waals surface area contributed by atoms with Gasteiger partial charge in [-0.1, -0.05) is 0 Å². The summed E-state index contributed by atoms with van der Waals surface area (Å²) in [7, 11) is 0. The van der Waals surface area contributed by atoms with Gasteiger partial charge in [0.1, 0.15) is 6.04 Å². The molecule has 1 aromatic rings. The maximum Gasteiger partial charge on any atom is 0.326 e. The number of aliphatic carboxylic acids is 1. The zero-order valence-corrected chi connectivity index (χ0v) is 11.0. The van der Waals surface area contributed by atoms with Crippen molar-refractivity contribution in [3.8, 4) is 0 Å². The fraction of sp³-hybridized carbons (Fsp3) is 0.286. The molecule has 0 aromatic heterocycles. The predicted octanol–water partition coefficient (Wildman–Crippen LogP) is 0.940. The number of hydrogen-bond donors (Lipinski definition) is 3. The molecule has 1 aromatic carbocycles. The first kappa shape index (κ1) is 13.9. The molecule has 1 unspecified atom stereocenters. The molecule has 0 spiro atoms. The van der Waals surface area contributed by atoms with Crippen LogP contribution in [0.5, 0.6) is 0 Å². The lowest BCUT2D eigenvalue weighted by atomic mass is 10.1. The van der Waals surface area contributed by atoms with Crippen molar-refractivity contribution in [1.29, 1.82) is 0 Å². The van der Waals surface area contributed by atoms with Crippen molar-refractivity contribution in [2.24, 2.45) is 0 Å². The molecule has 2 rings (SSSR count). The number of benzene rings is 1. The second-order valence-electron chi connectivity index (χ2n) is 4.75. The minimum atomic E-state index is -0.965. The van der Waals surface area contributed by atoms with Crippen molar-refractivity contribution >= 4 is 29.3 Å². The molecule has 1 saturated heterocycles. The minimum Gasteiger partial charge on any atom is -0.480 e. The number of nitrogens with zero attached hydrogens (tertiary/aromatic N) is 1. The molecule has 1 atom stereocenters. The first-order chi connectivity index (χ1) is 9.49. The molecule has 1 heterocycles. The quantitative estimate of drug-likeness (QED) is 0.561. The standard InChI is InChI=1S/C14H17N3O3/c15-10-4-5-11(16)9(8-10)3-6-13(18)17-7-1-2-12(17)14(19)20/h3-6,8,12H,1-2,7,15-16H2,(H,19,20). The minimum absolute atomic E-state index is 0.322. The third-order valence-corrected chi connectivity index (χ3v) is 3.34. The van der Waals surface area contributed by atoms with E-state index in [1.807, 2.05) is 0 Å². The number of amides is 1. The molecule has 0 radical (unpaired) electrons. The Morgan fingerprint density at radius 3 is 2.80 bits per heavy atom. The van der Waals surface area contributed by atoms with E-state index in [-0.39, 0.29) is 5.91 Å². The SMILES string of the molecule is Nc1ccc(N)c(C=CC(=O)N2CCCC2C(=O)O)c1. The average Bonchev–Trinajstić information content (AvgIpc) is 2.89. The Morgan fingerprint density at radius 1 is 1.35 bits per heavy atom. The Labute approximate surface area is 116 Å². The molecular weight excluding hydrogens is 258 g/mol. The van der Waals surface area contributed by atoms with Crippen LogP contribution in [0.2, 0.25) is 0 Å². The Kier molecular flexibility index (Phi) is 3.93. The van der Waals surface area contributed by atoms with Crippen LogP contribution in [-0.2, 0) is 9.59 Å². The molecule has 1 aliphatic heterocycles. The number of carbonyl (C=O) groups excluding carboxylic acids is 1. The second-order valence-corrected chi connectivity index (χ2v) is 4.75. The third-order valence-electron chi connectivity index (χ3n) is 3.34. The highest BCUT2D eigenvalue weighted by molar-refractivity contribution is 5.95. The molecule has 6 nitrogen and oxygen atoms in total. The van der Waals surface area contributed by atoms with Crippen LogP contribution >= 0.6 is 0 Å². The highest BCUT2D eigenvalue weighted by atomic mass is 16.4. The molecule has 106 valence electrons. The van der Waals surface area contributed by atoms with Crippen molar-refractivity contribution in [2.45, 2.75) is 18.9 Å². The number of carboxylic acid groups (broad SMARTS) is 1. The van der Waals surface area contributed by atoms with E-state index < -0.39 is 12.0 Å². The van der Waals surface area contributed by atoms with E-state index in [2.05, 4.69) is 0 Å². The molecule has 0 saturated carbocycles. The highest BCUT2D eigenvalue weighted by Gasteiger charge is 2.32. The zero-order valence-electron chi connectivity index (χ0n) is 11.0. The summed E-state index contributed by atoms with van der Waals surface area (Å²) in [5.74, 6) is -1.29. The van der Waals surface area contributed by atoms with Gasteiger partial charge < -0.3 is 21.5 Å². The van der Waals surface area contributed by atoms with E-state index in [0.717, 1.165) is 0 Å². The van der Waals surface area contributed by atoms with Crippen LogP contribution in [0.4, 0.5) is 11.4 Å². The summed E-state index contributed by atoms with van der Waals surface area (Å²) in [6.45, 7) is 0.465. The van der Waals surface area contributed by atoms with Gasteiger partial charge in [-0.3, -0.25) is 4.79 Å². The Morgan fingerprint density at radius 2 is 2.10 bits per heavy atom. The van der Waals surface area contributed by atoms with Gasteiger partial charge in [-0.15, -0.1) is 0 Å². The van der Waals surface area contributed by atoms with Crippen molar-refractivity contribution in [3.63, 3.8) is 0 Å². The molecule has 6 heteroatoms. The van der Waals surface area contributed by atoms with Crippen LogP contribution in [0.3, 0.4) is 0 Å². The number of rotatable bonds is 3. The van der Waals surface area contributed by atoms with Crippen LogP contribution in [-0.4, -0.2) is 34.5 Å². The first-order valence-electron chi connectivity index (χ1n) is 6.35. The highest BCUT2D eigenvalue weighted by Crippen LogP contribution is 2.20. The lowest BCUT2D eigenvalue weighted by Gasteiger charge is -2.19. The van der Waals surface area contributed by atoms with E-state index in [0.29, 0.717) is 36.3 Å². The van der Waals surface area contributed by atoms with Crippen molar-refractivity contribution in [2.75, 3.05) is 18.0 Å². The summed E-state index contributed by atoms with van der Waals surface area (Å²) < 4.78 is 0. The summed E-state index contributed by atoms with van der Waals surface area (Å²) in [6.07, 6.45) is 4.10. The number of nitrogens with two attached hydrogens (primary N) is 2. The summed E-state index contributed by atoms with van der Waals surface area (Å²) >= 11 is 0. The summed E-state index contributed by atoms with van der Waals surface area (Å²) in [5.41, 5.74) is 13.1. The fourth-order valence-electron chi connectivity index (χ4n) is 2.28. The van der Waals surface area contributed by atoms with Crippen LogP contribution in [0.1, 0.15) is 18.4 Å². The van der Waals surface area contributed by atoms with Gasteiger partial charge in [0.15, 0.2) is 0 Å². The summed E-state index contributed by atoms with van der Waals surface area (Å²) in [5, 5.41) is 9.04. The molecule has 1 aliphatic rings. The molecule has 0 aliphatic carbocycles. The number of carbonyl (C=O) groups is 2. The van der Waals surface area contributed by atoms with Crippen LogP contribution in [0.25, 0.3) is 6.08 Å².